The van der Waals surface area contributed by atoms with E-state index < -0.39 is 39.6 Å². The Hall–Kier alpha value is -2.38. The van der Waals surface area contributed by atoms with Crippen LogP contribution in [0.2, 0.25) is 0 Å². The van der Waals surface area contributed by atoms with Gasteiger partial charge in [-0.2, -0.15) is 0 Å². The van der Waals surface area contributed by atoms with Crippen LogP contribution < -0.4 is 9.46 Å². The molecule has 11 heteroatoms. The largest absolute Gasteiger partial charge is 0.492 e. The summed E-state index contributed by atoms with van der Waals surface area (Å²) in [6.45, 7) is 0.916. The normalized spacial score (nSPS) is 28.3. The third-order valence-corrected chi connectivity index (χ3v) is 9.50. The lowest BCUT2D eigenvalue weighted by molar-refractivity contribution is 0.0432. The number of rotatable bonds is 3. The molecule has 4 atom stereocenters. The van der Waals surface area contributed by atoms with Crippen molar-refractivity contribution < 1.29 is 32.9 Å². The zero-order valence-corrected chi connectivity index (χ0v) is 22.3. The molecule has 1 saturated carbocycles. The molecule has 3 aromatic rings. The number of nitrogens with zero attached hydrogens (tertiary/aromatic N) is 1. The quantitative estimate of drug-likeness (QED) is 0.388. The van der Waals surface area contributed by atoms with E-state index in [4.69, 9.17) is 4.74 Å². The smallest absolute Gasteiger partial charge is 0.244 e. The minimum atomic E-state index is -4.08. The van der Waals surface area contributed by atoms with Crippen molar-refractivity contribution in [1.82, 2.24) is 9.62 Å². The van der Waals surface area contributed by atoms with E-state index in [1.54, 1.807) is 29.5 Å². The Morgan fingerprint density at radius 3 is 2.55 bits per heavy atom. The molecule has 1 fully saturated rings. The minimum absolute atomic E-state index is 0.0153. The van der Waals surface area contributed by atoms with Gasteiger partial charge >= 0.3 is 0 Å². The maximum absolute atomic E-state index is 14.5. The molecule has 4 N–H and O–H groups in total. The van der Waals surface area contributed by atoms with Crippen molar-refractivity contribution in [2.24, 2.45) is 5.41 Å². The Labute approximate surface area is 225 Å². The van der Waals surface area contributed by atoms with Gasteiger partial charge in [-0.1, -0.05) is 30.3 Å². The summed E-state index contributed by atoms with van der Waals surface area (Å²) < 4.78 is 49.7. The number of aliphatic hydroxyl groups is 3. The van der Waals surface area contributed by atoms with Crippen molar-refractivity contribution in [2.75, 3.05) is 26.2 Å². The van der Waals surface area contributed by atoms with Crippen molar-refractivity contribution >= 4 is 21.4 Å². The second kappa shape index (κ2) is 11.0. The number of sulfonamides is 1. The fourth-order valence-corrected chi connectivity index (χ4v) is 7.34. The molecule has 1 aliphatic heterocycles. The number of fused-ring (bicyclic) bond motifs is 1. The fraction of sp³-hybridized carbons (Fsp3) is 0.407. The lowest BCUT2D eigenvalue weighted by atomic mass is 9.85. The van der Waals surface area contributed by atoms with E-state index in [1.165, 1.54) is 24.3 Å². The topological polar surface area (TPSA) is 119 Å². The number of halogens is 1. The third-order valence-electron chi connectivity index (χ3n) is 7.18. The maximum Gasteiger partial charge on any atom is 0.244 e. The van der Waals surface area contributed by atoms with E-state index in [0.717, 1.165) is 4.88 Å². The first-order chi connectivity index (χ1) is 18.1. The summed E-state index contributed by atoms with van der Waals surface area (Å²) in [5.41, 5.74) is 0.0377. The molecule has 204 valence electrons. The number of thiophene rings is 1. The van der Waals surface area contributed by atoms with Crippen molar-refractivity contribution in [3.05, 3.63) is 70.7 Å². The number of nitrogens with one attached hydrogen (secondary N) is 1. The standard InChI is InChI=1S/C27H31FN2O6S2/c28-22-6-2-1-5-21(22)18-7-8-26-25(10-18)36-17-27(11-23(32)24(33)12-27)16-30(15-20-4-3-9-37-20)14-19(31)13-29-38(26,34)35/h1-10,19,23-24,29,31-33H,11-17H2/t19-,23-,24+,27?/m0/s1. The molecule has 1 spiro atoms. The molecule has 38 heavy (non-hydrogen) atoms. The van der Waals surface area contributed by atoms with Gasteiger partial charge in [0, 0.05) is 42.0 Å². The van der Waals surface area contributed by atoms with Crippen LogP contribution in [0.3, 0.4) is 0 Å². The van der Waals surface area contributed by atoms with Gasteiger partial charge in [-0.05, 0) is 48.1 Å². The van der Waals surface area contributed by atoms with Crippen LogP contribution in [-0.2, 0) is 16.6 Å². The predicted molar refractivity (Wildman–Crippen MR) is 142 cm³/mol. The van der Waals surface area contributed by atoms with Crippen LogP contribution in [0, 0.1) is 11.2 Å². The van der Waals surface area contributed by atoms with Gasteiger partial charge in [-0.25, -0.2) is 17.5 Å². The summed E-state index contributed by atoms with van der Waals surface area (Å²) in [4.78, 5) is 2.95. The van der Waals surface area contributed by atoms with E-state index in [0.29, 0.717) is 24.2 Å². The van der Waals surface area contributed by atoms with Gasteiger partial charge in [0.2, 0.25) is 10.0 Å². The Morgan fingerprint density at radius 1 is 1.08 bits per heavy atom. The van der Waals surface area contributed by atoms with Gasteiger partial charge in [0.05, 0.1) is 24.9 Å². The first-order valence-corrected chi connectivity index (χ1v) is 14.8. The van der Waals surface area contributed by atoms with Crippen LogP contribution in [-0.4, -0.2) is 73.2 Å². The second-order valence-electron chi connectivity index (χ2n) is 10.2. The number of hydrogen-bond acceptors (Lipinski definition) is 8. The van der Waals surface area contributed by atoms with Crippen molar-refractivity contribution in [1.29, 1.82) is 0 Å². The number of β-amino-alcohol motifs (C(OH)–C–C–N with tert-alkyl or cyclic N) is 1. The molecule has 2 aromatic carbocycles. The van der Waals surface area contributed by atoms with Gasteiger partial charge in [-0.3, -0.25) is 4.90 Å². The number of benzene rings is 2. The van der Waals surface area contributed by atoms with Crippen LogP contribution in [0.4, 0.5) is 4.39 Å². The second-order valence-corrected chi connectivity index (χ2v) is 13.0. The molecular weight excluding hydrogens is 531 g/mol. The minimum Gasteiger partial charge on any atom is -0.492 e. The Kier molecular flexibility index (Phi) is 7.88. The number of aliphatic hydroxyl groups excluding tert-OH is 3. The fourth-order valence-electron chi connectivity index (χ4n) is 5.40. The molecule has 1 aromatic heterocycles. The summed E-state index contributed by atoms with van der Waals surface area (Å²) in [7, 11) is -4.08. The SMILES string of the molecule is O=S1(=O)NC[C@H](O)CN(Cc2cccs2)CC2(COc3cc(-c4ccccc4F)ccc31)C[C@@H](O)[C@@H](O)C2. The van der Waals surface area contributed by atoms with Crippen LogP contribution in [0.25, 0.3) is 11.1 Å². The molecule has 8 nitrogen and oxygen atoms in total. The summed E-state index contributed by atoms with van der Waals surface area (Å²) in [5.74, 6) is -0.416. The van der Waals surface area contributed by atoms with Gasteiger partial charge in [0.25, 0.3) is 0 Å². The Balaban J connectivity index is 1.54. The third kappa shape index (κ3) is 5.94. The molecule has 5 rings (SSSR count). The predicted octanol–water partition coefficient (Wildman–Crippen LogP) is 2.59. The molecule has 2 aliphatic rings. The zero-order valence-electron chi connectivity index (χ0n) is 20.7. The number of ether oxygens (including phenoxy) is 1. The molecule has 1 aliphatic carbocycles. The lowest BCUT2D eigenvalue weighted by Crippen LogP contribution is -2.46. The Bertz CT molecular complexity index is 1360. The molecular formula is C27H31FN2O6S2. The van der Waals surface area contributed by atoms with E-state index in [-0.39, 0.29) is 43.2 Å². The van der Waals surface area contributed by atoms with Crippen molar-refractivity contribution in [3.63, 3.8) is 0 Å². The van der Waals surface area contributed by atoms with E-state index >= 15 is 0 Å². The van der Waals surface area contributed by atoms with Crippen LogP contribution in [0.1, 0.15) is 17.7 Å². The summed E-state index contributed by atoms with van der Waals surface area (Å²) in [6.07, 6.45) is -2.40. The van der Waals surface area contributed by atoms with E-state index in [9.17, 15) is 28.1 Å². The number of hydrogen-bond donors (Lipinski definition) is 4. The molecule has 1 unspecified atom stereocenters. The van der Waals surface area contributed by atoms with E-state index in [1.807, 2.05) is 22.4 Å². The lowest BCUT2D eigenvalue weighted by Gasteiger charge is -2.36. The molecule has 0 amide bonds. The highest BCUT2D eigenvalue weighted by Gasteiger charge is 2.46. The summed E-state index contributed by atoms with van der Waals surface area (Å²) in [5, 5.41) is 33.7. The molecule has 0 radical (unpaired) electrons. The first-order valence-electron chi connectivity index (χ1n) is 12.4. The van der Waals surface area contributed by atoms with Crippen LogP contribution in [0.5, 0.6) is 5.75 Å². The van der Waals surface area contributed by atoms with Gasteiger partial charge < -0.3 is 20.1 Å². The molecule has 0 bridgehead atoms. The summed E-state index contributed by atoms with van der Waals surface area (Å²) >= 11 is 1.57. The zero-order chi connectivity index (χ0) is 26.9. The van der Waals surface area contributed by atoms with Crippen molar-refractivity contribution in [3.8, 4) is 16.9 Å². The average Bonchev–Trinajstić information content (AvgIpc) is 3.48. The van der Waals surface area contributed by atoms with Gasteiger partial charge in [0.15, 0.2) is 0 Å². The highest BCUT2D eigenvalue weighted by atomic mass is 32.2. The highest BCUT2D eigenvalue weighted by Crippen LogP contribution is 2.41. The van der Waals surface area contributed by atoms with Gasteiger partial charge in [0.1, 0.15) is 16.5 Å². The summed E-state index contributed by atoms with van der Waals surface area (Å²) in [6, 6.07) is 14.5. The van der Waals surface area contributed by atoms with Crippen molar-refractivity contribution in [2.45, 2.75) is 42.6 Å². The monoisotopic (exact) mass is 562 g/mol. The van der Waals surface area contributed by atoms with E-state index in [2.05, 4.69) is 4.72 Å². The molecule has 2 heterocycles. The molecule has 0 saturated heterocycles. The maximum atomic E-state index is 14.5. The first kappa shape index (κ1) is 27.2. The van der Waals surface area contributed by atoms with Gasteiger partial charge in [-0.15, -0.1) is 11.3 Å². The highest BCUT2D eigenvalue weighted by molar-refractivity contribution is 7.89. The average molecular weight is 563 g/mol. The van der Waals surface area contributed by atoms with Crippen LogP contribution in [0.15, 0.2) is 64.9 Å². The Morgan fingerprint density at radius 2 is 1.84 bits per heavy atom. The van der Waals surface area contributed by atoms with Crippen LogP contribution >= 0.6 is 11.3 Å².